The number of amides is 1. The summed E-state index contributed by atoms with van der Waals surface area (Å²) >= 11 is 0. The molecule has 0 radical (unpaired) electrons. The van der Waals surface area contributed by atoms with Crippen molar-refractivity contribution < 1.29 is 14.6 Å². The molecule has 2 unspecified atom stereocenters. The Bertz CT molecular complexity index is 516. The molecule has 1 aliphatic heterocycles. The largest absolute Gasteiger partial charge is 0.487 e. The van der Waals surface area contributed by atoms with E-state index in [2.05, 4.69) is 0 Å². The average molecular weight is 292 g/mol. The number of aliphatic hydroxyl groups is 1. The van der Waals surface area contributed by atoms with E-state index in [1.807, 2.05) is 39.0 Å². The molecule has 0 aliphatic carbocycles. The van der Waals surface area contributed by atoms with Crippen LogP contribution in [0.2, 0.25) is 0 Å². The predicted molar refractivity (Wildman–Crippen MR) is 82.4 cm³/mol. The van der Waals surface area contributed by atoms with Crippen molar-refractivity contribution in [2.45, 2.75) is 39.4 Å². The van der Waals surface area contributed by atoms with Gasteiger partial charge in [-0.3, -0.25) is 4.79 Å². The number of hydrogen-bond acceptors (Lipinski definition) is 4. The van der Waals surface area contributed by atoms with Gasteiger partial charge in [0.2, 0.25) is 5.91 Å². The lowest BCUT2D eigenvalue weighted by Crippen LogP contribution is -2.44. The van der Waals surface area contributed by atoms with Crippen molar-refractivity contribution >= 4 is 11.6 Å². The van der Waals surface area contributed by atoms with Crippen molar-refractivity contribution in [3.63, 3.8) is 0 Å². The lowest BCUT2D eigenvalue weighted by molar-refractivity contribution is -0.121. The van der Waals surface area contributed by atoms with Crippen LogP contribution in [0, 0.1) is 5.92 Å². The van der Waals surface area contributed by atoms with Crippen molar-refractivity contribution in [1.29, 1.82) is 0 Å². The van der Waals surface area contributed by atoms with E-state index in [0.717, 1.165) is 11.3 Å². The highest BCUT2D eigenvalue weighted by Crippen LogP contribution is 2.36. The van der Waals surface area contributed by atoms with Crippen LogP contribution >= 0.6 is 0 Å². The SMILES string of the molecule is CC1CN(C(=O)C(C)C)c2cc(C(O)CCN)ccc2O1. The van der Waals surface area contributed by atoms with Gasteiger partial charge in [0.05, 0.1) is 18.3 Å². The Balaban J connectivity index is 2.38. The number of benzene rings is 1. The topological polar surface area (TPSA) is 75.8 Å². The lowest BCUT2D eigenvalue weighted by atomic mass is 10.0. The summed E-state index contributed by atoms with van der Waals surface area (Å²) in [6, 6.07) is 5.48. The highest BCUT2D eigenvalue weighted by molar-refractivity contribution is 5.96. The maximum Gasteiger partial charge on any atom is 0.229 e. The zero-order valence-corrected chi connectivity index (χ0v) is 12.9. The molecule has 2 rings (SSSR count). The predicted octanol–water partition coefficient (Wildman–Crippen LogP) is 1.84. The number of carbonyl (C=O) groups is 1. The minimum Gasteiger partial charge on any atom is -0.487 e. The van der Waals surface area contributed by atoms with E-state index in [4.69, 9.17) is 10.5 Å². The van der Waals surface area contributed by atoms with Gasteiger partial charge in [0.25, 0.3) is 0 Å². The van der Waals surface area contributed by atoms with Gasteiger partial charge >= 0.3 is 0 Å². The molecule has 0 aromatic heterocycles. The number of anilines is 1. The molecule has 1 heterocycles. The first-order valence-electron chi connectivity index (χ1n) is 7.44. The summed E-state index contributed by atoms with van der Waals surface area (Å²) in [7, 11) is 0. The van der Waals surface area contributed by atoms with Gasteiger partial charge < -0.3 is 20.5 Å². The van der Waals surface area contributed by atoms with Crippen LogP contribution in [0.15, 0.2) is 18.2 Å². The maximum atomic E-state index is 12.4. The highest BCUT2D eigenvalue weighted by atomic mass is 16.5. The number of nitrogens with zero attached hydrogens (tertiary/aromatic N) is 1. The van der Waals surface area contributed by atoms with Crippen molar-refractivity contribution in [2.24, 2.45) is 11.7 Å². The highest BCUT2D eigenvalue weighted by Gasteiger charge is 2.29. The summed E-state index contributed by atoms with van der Waals surface area (Å²) in [6.07, 6.45) is -0.163. The van der Waals surface area contributed by atoms with Gasteiger partial charge in [-0.15, -0.1) is 0 Å². The van der Waals surface area contributed by atoms with Gasteiger partial charge in [-0.1, -0.05) is 19.9 Å². The molecular weight excluding hydrogens is 268 g/mol. The molecule has 5 heteroatoms. The molecule has 2 atom stereocenters. The fourth-order valence-electron chi connectivity index (χ4n) is 2.51. The molecule has 1 aliphatic rings. The van der Waals surface area contributed by atoms with Crippen LogP contribution in [0.5, 0.6) is 5.75 Å². The van der Waals surface area contributed by atoms with E-state index in [0.29, 0.717) is 25.3 Å². The van der Waals surface area contributed by atoms with E-state index >= 15 is 0 Å². The molecule has 5 nitrogen and oxygen atoms in total. The quantitative estimate of drug-likeness (QED) is 0.888. The third kappa shape index (κ3) is 3.36. The summed E-state index contributed by atoms with van der Waals surface area (Å²) in [5.74, 6) is 0.670. The van der Waals surface area contributed by atoms with E-state index < -0.39 is 6.10 Å². The lowest BCUT2D eigenvalue weighted by Gasteiger charge is -2.35. The Morgan fingerprint density at radius 3 is 2.86 bits per heavy atom. The Labute approximate surface area is 125 Å². The Morgan fingerprint density at radius 1 is 1.52 bits per heavy atom. The fraction of sp³-hybridized carbons (Fsp3) is 0.562. The van der Waals surface area contributed by atoms with Gasteiger partial charge in [0.1, 0.15) is 11.9 Å². The molecule has 0 fully saturated rings. The summed E-state index contributed by atoms with van der Waals surface area (Å²) in [6.45, 7) is 6.66. The summed E-state index contributed by atoms with van der Waals surface area (Å²) < 4.78 is 5.79. The molecule has 3 N–H and O–H groups in total. The van der Waals surface area contributed by atoms with Crippen LogP contribution in [0.4, 0.5) is 5.69 Å². The van der Waals surface area contributed by atoms with Crippen LogP contribution in [0.3, 0.4) is 0 Å². The molecule has 0 saturated carbocycles. The standard InChI is InChI=1S/C16H24N2O3/c1-10(2)16(20)18-9-11(3)21-15-5-4-12(8-13(15)18)14(19)6-7-17/h4-5,8,10-11,14,19H,6-7,9,17H2,1-3H3. The Hall–Kier alpha value is -1.59. The number of nitrogens with two attached hydrogens (primary N) is 1. The summed E-state index contributed by atoms with van der Waals surface area (Å²) in [4.78, 5) is 14.2. The minimum atomic E-state index is -0.615. The van der Waals surface area contributed by atoms with Gasteiger partial charge in [-0.2, -0.15) is 0 Å². The van der Waals surface area contributed by atoms with Gasteiger partial charge in [0.15, 0.2) is 0 Å². The second kappa shape index (κ2) is 6.45. The number of fused-ring (bicyclic) bond motifs is 1. The Morgan fingerprint density at radius 2 is 2.24 bits per heavy atom. The van der Waals surface area contributed by atoms with E-state index in [-0.39, 0.29) is 17.9 Å². The van der Waals surface area contributed by atoms with Crippen LogP contribution in [-0.4, -0.2) is 30.2 Å². The fourth-order valence-corrected chi connectivity index (χ4v) is 2.51. The molecule has 0 bridgehead atoms. The van der Waals surface area contributed by atoms with Crippen molar-refractivity contribution in [3.05, 3.63) is 23.8 Å². The van der Waals surface area contributed by atoms with Crippen LogP contribution in [-0.2, 0) is 4.79 Å². The molecule has 1 aromatic rings. The van der Waals surface area contributed by atoms with E-state index in [9.17, 15) is 9.90 Å². The number of hydrogen-bond donors (Lipinski definition) is 2. The number of aliphatic hydroxyl groups excluding tert-OH is 1. The number of carbonyl (C=O) groups excluding carboxylic acids is 1. The van der Waals surface area contributed by atoms with Gasteiger partial charge in [-0.25, -0.2) is 0 Å². The average Bonchev–Trinajstić information content (AvgIpc) is 2.45. The van der Waals surface area contributed by atoms with Crippen molar-refractivity contribution in [2.75, 3.05) is 18.0 Å². The molecule has 1 aromatic carbocycles. The molecule has 21 heavy (non-hydrogen) atoms. The molecule has 0 saturated heterocycles. The molecular formula is C16H24N2O3. The van der Waals surface area contributed by atoms with E-state index in [1.54, 1.807) is 4.90 Å². The number of rotatable bonds is 4. The third-order valence-corrected chi connectivity index (χ3v) is 3.63. The van der Waals surface area contributed by atoms with Crippen LogP contribution in [0.1, 0.15) is 38.9 Å². The first kappa shape index (κ1) is 15.8. The first-order chi connectivity index (χ1) is 9.93. The minimum absolute atomic E-state index is 0.0417. The number of ether oxygens (including phenoxy) is 1. The maximum absolute atomic E-state index is 12.4. The zero-order valence-electron chi connectivity index (χ0n) is 12.9. The molecule has 116 valence electrons. The van der Waals surface area contributed by atoms with Gasteiger partial charge in [0, 0.05) is 5.92 Å². The van der Waals surface area contributed by atoms with Gasteiger partial charge in [-0.05, 0) is 37.6 Å². The van der Waals surface area contributed by atoms with Crippen molar-refractivity contribution in [1.82, 2.24) is 0 Å². The van der Waals surface area contributed by atoms with Crippen molar-refractivity contribution in [3.8, 4) is 5.75 Å². The smallest absolute Gasteiger partial charge is 0.229 e. The monoisotopic (exact) mass is 292 g/mol. The first-order valence-corrected chi connectivity index (χ1v) is 7.44. The second-order valence-corrected chi connectivity index (χ2v) is 5.85. The zero-order chi connectivity index (χ0) is 15.6. The van der Waals surface area contributed by atoms with Crippen LogP contribution in [0.25, 0.3) is 0 Å². The van der Waals surface area contributed by atoms with E-state index in [1.165, 1.54) is 0 Å². The summed E-state index contributed by atoms with van der Waals surface area (Å²) in [5, 5.41) is 10.1. The summed E-state index contributed by atoms with van der Waals surface area (Å²) in [5.41, 5.74) is 6.99. The Kier molecular flexibility index (Phi) is 4.85. The molecule has 1 amide bonds. The third-order valence-electron chi connectivity index (χ3n) is 3.63. The molecule has 0 spiro atoms. The van der Waals surface area contributed by atoms with Crippen LogP contribution < -0.4 is 15.4 Å². The normalized spacial score (nSPS) is 19.1. The second-order valence-electron chi connectivity index (χ2n) is 5.85.